The summed E-state index contributed by atoms with van der Waals surface area (Å²) in [5.74, 6) is 1.19. The van der Waals surface area contributed by atoms with Crippen LogP contribution in [-0.2, 0) is 4.79 Å². The maximum Gasteiger partial charge on any atom is 0.303 e. The Morgan fingerprint density at radius 1 is 1.30 bits per heavy atom. The third-order valence-electron chi connectivity index (χ3n) is 4.94. The molecular formula is C21H31NO5. The van der Waals surface area contributed by atoms with Gasteiger partial charge in [0.05, 0.1) is 13.7 Å². The van der Waals surface area contributed by atoms with E-state index < -0.39 is 5.97 Å². The second kappa shape index (κ2) is 10.2. The smallest absolute Gasteiger partial charge is 0.303 e. The van der Waals surface area contributed by atoms with Crippen LogP contribution in [0, 0.1) is 11.8 Å². The first-order chi connectivity index (χ1) is 12.9. The molecule has 0 aliphatic carbocycles. The van der Waals surface area contributed by atoms with E-state index in [-0.39, 0.29) is 18.2 Å². The predicted molar refractivity (Wildman–Crippen MR) is 103 cm³/mol. The topological polar surface area (TPSA) is 76.1 Å². The summed E-state index contributed by atoms with van der Waals surface area (Å²) in [6.45, 7) is 6.21. The van der Waals surface area contributed by atoms with Crippen molar-refractivity contribution in [3.8, 4) is 11.5 Å². The van der Waals surface area contributed by atoms with E-state index in [1.165, 1.54) is 0 Å². The van der Waals surface area contributed by atoms with Crippen molar-refractivity contribution in [2.24, 2.45) is 11.8 Å². The van der Waals surface area contributed by atoms with Crippen molar-refractivity contribution >= 4 is 11.9 Å². The zero-order valence-electron chi connectivity index (χ0n) is 16.6. The van der Waals surface area contributed by atoms with E-state index in [4.69, 9.17) is 14.6 Å². The lowest BCUT2D eigenvalue weighted by atomic mass is 9.93. The van der Waals surface area contributed by atoms with Gasteiger partial charge in [0.15, 0.2) is 11.5 Å². The number of nitrogens with zero attached hydrogens (tertiary/aromatic N) is 1. The third-order valence-corrected chi connectivity index (χ3v) is 4.94. The Hall–Kier alpha value is -2.24. The van der Waals surface area contributed by atoms with E-state index in [0.29, 0.717) is 49.1 Å². The first-order valence-electron chi connectivity index (χ1n) is 9.72. The van der Waals surface area contributed by atoms with Crippen molar-refractivity contribution in [3.63, 3.8) is 0 Å². The highest BCUT2D eigenvalue weighted by atomic mass is 16.5. The molecule has 1 aliphatic heterocycles. The fourth-order valence-corrected chi connectivity index (χ4v) is 3.32. The number of hydrogen-bond acceptors (Lipinski definition) is 4. The van der Waals surface area contributed by atoms with Gasteiger partial charge in [-0.1, -0.05) is 13.8 Å². The van der Waals surface area contributed by atoms with E-state index in [0.717, 1.165) is 19.3 Å². The van der Waals surface area contributed by atoms with Crippen LogP contribution in [0.15, 0.2) is 18.2 Å². The maximum absolute atomic E-state index is 12.9. The summed E-state index contributed by atoms with van der Waals surface area (Å²) >= 11 is 0. The largest absolute Gasteiger partial charge is 0.493 e. The van der Waals surface area contributed by atoms with Crippen LogP contribution in [0.1, 0.15) is 56.3 Å². The molecule has 1 atom stereocenters. The van der Waals surface area contributed by atoms with Crippen LogP contribution in [-0.4, -0.2) is 48.7 Å². The first-order valence-corrected chi connectivity index (χ1v) is 9.72. The molecule has 0 spiro atoms. The van der Waals surface area contributed by atoms with Crippen molar-refractivity contribution in [1.82, 2.24) is 4.90 Å². The Morgan fingerprint density at radius 2 is 2.07 bits per heavy atom. The van der Waals surface area contributed by atoms with Gasteiger partial charge < -0.3 is 19.5 Å². The van der Waals surface area contributed by atoms with Gasteiger partial charge >= 0.3 is 5.97 Å². The number of carbonyl (C=O) groups excluding carboxylic acids is 1. The summed E-state index contributed by atoms with van der Waals surface area (Å²) in [5, 5.41) is 8.87. The Labute approximate surface area is 161 Å². The summed E-state index contributed by atoms with van der Waals surface area (Å²) in [7, 11) is 1.57. The molecule has 150 valence electrons. The highest BCUT2D eigenvalue weighted by Gasteiger charge is 2.25. The molecular weight excluding hydrogens is 346 g/mol. The Bertz CT molecular complexity index is 643. The highest BCUT2D eigenvalue weighted by molar-refractivity contribution is 5.95. The van der Waals surface area contributed by atoms with Crippen LogP contribution < -0.4 is 9.47 Å². The quantitative estimate of drug-likeness (QED) is 0.708. The number of carboxylic acid groups (broad SMARTS) is 1. The monoisotopic (exact) mass is 377 g/mol. The summed E-state index contributed by atoms with van der Waals surface area (Å²) < 4.78 is 11.2. The Kier molecular flexibility index (Phi) is 7.95. The van der Waals surface area contributed by atoms with Gasteiger partial charge in [0.1, 0.15) is 0 Å². The summed E-state index contributed by atoms with van der Waals surface area (Å²) in [5.41, 5.74) is 0.571. The molecule has 1 aliphatic rings. The van der Waals surface area contributed by atoms with Gasteiger partial charge in [-0.3, -0.25) is 9.59 Å². The number of carboxylic acids is 1. The van der Waals surface area contributed by atoms with Gasteiger partial charge in [-0.15, -0.1) is 0 Å². The van der Waals surface area contributed by atoms with Gasteiger partial charge in [0.2, 0.25) is 0 Å². The average Bonchev–Trinajstić information content (AvgIpc) is 2.66. The van der Waals surface area contributed by atoms with E-state index in [1.54, 1.807) is 25.3 Å². The summed E-state index contributed by atoms with van der Waals surface area (Å²) in [4.78, 5) is 25.5. The molecule has 0 radical (unpaired) electrons. The number of likely N-dealkylation sites (tertiary alicyclic amines) is 1. The highest BCUT2D eigenvalue weighted by Crippen LogP contribution is 2.30. The standard InChI is InChI=1S/C21H31NO5/c1-15(2)10-12-27-18-8-7-17(13-19(18)26-3)21(25)22-11-4-5-16(14-22)6-9-20(23)24/h7-8,13,15-16H,4-6,9-12,14H2,1-3H3,(H,23,24). The number of aliphatic carboxylic acids is 1. The number of rotatable bonds is 9. The van der Waals surface area contributed by atoms with Crippen LogP contribution >= 0.6 is 0 Å². The van der Waals surface area contributed by atoms with E-state index in [1.807, 2.05) is 4.90 Å². The minimum atomic E-state index is -0.781. The van der Waals surface area contributed by atoms with E-state index in [2.05, 4.69) is 13.8 Å². The molecule has 1 fully saturated rings. The van der Waals surface area contributed by atoms with Crippen LogP contribution in [0.5, 0.6) is 11.5 Å². The molecule has 0 bridgehead atoms. The predicted octanol–water partition coefficient (Wildman–Crippen LogP) is 3.84. The van der Waals surface area contributed by atoms with Crippen LogP contribution in [0.3, 0.4) is 0 Å². The fraction of sp³-hybridized carbons (Fsp3) is 0.619. The molecule has 1 unspecified atom stereocenters. The van der Waals surface area contributed by atoms with Crippen LogP contribution in [0.25, 0.3) is 0 Å². The number of hydrogen-bond donors (Lipinski definition) is 1. The zero-order valence-corrected chi connectivity index (χ0v) is 16.6. The number of benzene rings is 1. The molecule has 1 aromatic rings. The van der Waals surface area contributed by atoms with Gasteiger partial charge in [-0.2, -0.15) is 0 Å². The van der Waals surface area contributed by atoms with Crippen LogP contribution in [0.2, 0.25) is 0 Å². The Balaban J connectivity index is 2.01. The molecule has 1 amide bonds. The Morgan fingerprint density at radius 3 is 2.74 bits per heavy atom. The summed E-state index contributed by atoms with van der Waals surface area (Å²) in [6, 6.07) is 5.29. The van der Waals surface area contributed by atoms with Crippen molar-refractivity contribution in [3.05, 3.63) is 23.8 Å². The molecule has 2 rings (SSSR count). The van der Waals surface area contributed by atoms with Gasteiger partial charge in [0.25, 0.3) is 5.91 Å². The number of methoxy groups -OCH3 is 1. The second-order valence-corrected chi connectivity index (χ2v) is 7.59. The number of carbonyl (C=O) groups is 2. The number of ether oxygens (including phenoxy) is 2. The lowest BCUT2D eigenvalue weighted by molar-refractivity contribution is -0.137. The zero-order chi connectivity index (χ0) is 19.8. The number of piperidine rings is 1. The van der Waals surface area contributed by atoms with Crippen molar-refractivity contribution in [2.45, 2.75) is 46.0 Å². The molecule has 0 aromatic heterocycles. The first kappa shape index (κ1) is 21.1. The molecule has 6 heteroatoms. The van der Waals surface area contributed by atoms with Crippen molar-refractivity contribution < 1.29 is 24.2 Å². The lowest BCUT2D eigenvalue weighted by Crippen LogP contribution is -2.40. The lowest BCUT2D eigenvalue weighted by Gasteiger charge is -2.32. The SMILES string of the molecule is COc1cc(C(=O)N2CCCC(CCC(=O)O)C2)ccc1OCCC(C)C. The molecule has 6 nitrogen and oxygen atoms in total. The van der Waals surface area contributed by atoms with E-state index >= 15 is 0 Å². The molecule has 1 heterocycles. The van der Waals surface area contributed by atoms with Crippen molar-refractivity contribution in [1.29, 1.82) is 0 Å². The van der Waals surface area contributed by atoms with Crippen molar-refractivity contribution in [2.75, 3.05) is 26.8 Å². The van der Waals surface area contributed by atoms with Gasteiger partial charge in [0, 0.05) is 25.1 Å². The van der Waals surface area contributed by atoms with E-state index in [9.17, 15) is 9.59 Å². The van der Waals surface area contributed by atoms with Gasteiger partial charge in [-0.05, 0) is 55.7 Å². The molecule has 1 aromatic carbocycles. The van der Waals surface area contributed by atoms with Crippen LogP contribution in [0.4, 0.5) is 0 Å². The summed E-state index contributed by atoms with van der Waals surface area (Å²) in [6.07, 6.45) is 3.61. The maximum atomic E-state index is 12.9. The minimum Gasteiger partial charge on any atom is -0.493 e. The molecule has 0 saturated carbocycles. The minimum absolute atomic E-state index is 0.0398. The fourth-order valence-electron chi connectivity index (χ4n) is 3.32. The van der Waals surface area contributed by atoms with Gasteiger partial charge in [-0.25, -0.2) is 0 Å². The molecule has 27 heavy (non-hydrogen) atoms. The third kappa shape index (κ3) is 6.45. The normalized spacial score (nSPS) is 17.0. The average molecular weight is 377 g/mol. The second-order valence-electron chi connectivity index (χ2n) is 7.59. The molecule has 1 saturated heterocycles. The number of amides is 1. The molecule has 1 N–H and O–H groups in total.